The van der Waals surface area contributed by atoms with Crippen molar-refractivity contribution < 1.29 is 9.59 Å². The van der Waals surface area contributed by atoms with Crippen molar-refractivity contribution in [1.82, 2.24) is 20.6 Å². The van der Waals surface area contributed by atoms with Gasteiger partial charge in [-0.2, -0.15) is 0 Å². The summed E-state index contributed by atoms with van der Waals surface area (Å²) in [5.41, 5.74) is 2.01. The van der Waals surface area contributed by atoms with E-state index in [1.54, 1.807) is 25.3 Å². The maximum absolute atomic E-state index is 12.4. The summed E-state index contributed by atoms with van der Waals surface area (Å²) in [6.07, 6.45) is 1.70. The number of hydrogen-bond acceptors (Lipinski definition) is 5. The predicted octanol–water partition coefficient (Wildman–Crippen LogP) is 2.67. The third kappa shape index (κ3) is 4.31. The molecule has 0 spiro atoms. The minimum Gasteiger partial charge on any atom is -0.350 e. The molecule has 2 amide bonds. The van der Waals surface area contributed by atoms with Gasteiger partial charge in [0, 0.05) is 24.8 Å². The Morgan fingerprint density at radius 2 is 1.65 bits per heavy atom. The summed E-state index contributed by atoms with van der Waals surface area (Å²) in [6, 6.07) is 14.5. The highest BCUT2D eigenvalue weighted by Gasteiger charge is 2.16. The van der Waals surface area contributed by atoms with E-state index in [2.05, 4.69) is 20.6 Å². The SMILES string of the molecule is Cc1nc(-c2ccccn2)sc1C(=O)NCCNC(=O)c1ccccc1. The van der Waals surface area contributed by atoms with Crippen molar-refractivity contribution in [1.29, 1.82) is 0 Å². The van der Waals surface area contributed by atoms with Crippen LogP contribution in [0.1, 0.15) is 25.7 Å². The van der Waals surface area contributed by atoms with Crippen LogP contribution in [0.5, 0.6) is 0 Å². The van der Waals surface area contributed by atoms with Gasteiger partial charge >= 0.3 is 0 Å². The van der Waals surface area contributed by atoms with Gasteiger partial charge in [-0.25, -0.2) is 4.98 Å². The molecule has 0 unspecified atom stereocenters. The second kappa shape index (κ2) is 8.35. The number of thiazole rings is 1. The minimum atomic E-state index is -0.198. The summed E-state index contributed by atoms with van der Waals surface area (Å²) in [5, 5.41) is 6.30. The lowest BCUT2D eigenvalue weighted by Crippen LogP contribution is -2.34. The van der Waals surface area contributed by atoms with Crippen LogP contribution in [0.2, 0.25) is 0 Å². The number of benzene rings is 1. The molecule has 0 atom stereocenters. The van der Waals surface area contributed by atoms with Gasteiger partial charge in [0.15, 0.2) is 0 Å². The summed E-state index contributed by atoms with van der Waals surface area (Å²) >= 11 is 1.31. The smallest absolute Gasteiger partial charge is 0.263 e. The van der Waals surface area contributed by atoms with Crippen molar-refractivity contribution in [2.75, 3.05) is 13.1 Å². The fourth-order valence-corrected chi connectivity index (χ4v) is 3.29. The minimum absolute atomic E-state index is 0.161. The molecule has 0 aliphatic rings. The first-order chi connectivity index (χ1) is 12.6. The van der Waals surface area contributed by atoms with E-state index in [1.165, 1.54) is 11.3 Å². The number of nitrogens with one attached hydrogen (secondary N) is 2. The third-order valence-corrected chi connectivity index (χ3v) is 4.80. The molecule has 3 rings (SSSR count). The highest BCUT2D eigenvalue weighted by atomic mass is 32.1. The highest BCUT2D eigenvalue weighted by molar-refractivity contribution is 7.17. The Balaban J connectivity index is 1.53. The molecule has 26 heavy (non-hydrogen) atoms. The van der Waals surface area contributed by atoms with Gasteiger partial charge < -0.3 is 10.6 Å². The third-order valence-electron chi connectivity index (χ3n) is 3.62. The maximum atomic E-state index is 12.4. The van der Waals surface area contributed by atoms with E-state index in [4.69, 9.17) is 0 Å². The van der Waals surface area contributed by atoms with Crippen molar-refractivity contribution in [2.45, 2.75) is 6.92 Å². The van der Waals surface area contributed by atoms with Crippen molar-refractivity contribution >= 4 is 23.2 Å². The predicted molar refractivity (Wildman–Crippen MR) is 101 cm³/mol. The molecule has 6 nitrogen and oxygen atoms in total. The quantitative estimate of drug-likeness (QED) is 0.657. The lowest BCUT2D eigenvalue weighted by Gasteiger charge is -2.06. The van der Waals surface area contributed by atoms with Crippen LogP contribution >= 0.6 is 11.3 Å². The van der Waals surface area contributed by atoms with Crippen LogP contribution in [0.3, 0.4) is 0 Å². The summed E-state index contributed by atoms with van der Waals surface area (Å²) in [7, 11) is 0. The Morgan fingerprint density at radius 1 is 0.962 bits per heavy atom. The first-order valence-corrected chi connectivity index (χ1v) is 8.97. The van der Waals surface area contributed by atoms with Crippen molar-refractivity contribution in [3.63, 3.8) is 0 Å². The molecule has 0 radical (unpaired) electrons. The van der Waals surface area contributed by atoms with Crippen LogP contribution < -0.4 is 10.6 Å². The molecule has 0 saturated heterocycles. The monoisotopic (exact) mass is 366 g/mol. The first-order valence-electron chi connectivity index (χ1n) is 8.15. The van der Waals surface area contributed by atoms with Gasteiger partial charge in [0.05, 0.1) is 11.4 Å². The topological polar surface area (TPSA) is 84.0 Å². The number of carbonyl (C=O) groups is 2. The van der Waals surface area contributed by atoms with E-state index < -0.39 is 0 Å². The van der Waals surface area contributed by atoms with Crippen LogP contribution in [-0.2, 0) is 0 Å². The largest absolute Gasteiger partial charge is 0.350 e. The zero-order chi connectivity index (χ0) is 18.4. The van der Waals surface area contributed by atoms with Gasteiger partial charge in [0.1, 0.15) is 9.88 Å². The van der Waals surface area contributed by atoms with Gasteiger partial charge in [0.2, 0.25) is 0 Å². The molecule has 0 fully saturated rings. The Morgan fingerprint density at radius 3 is 2.35 bits per heavy atom. The molecule has 3 aromatic rings. The van der Waals surface area contributed by atoms with Crippen molar-refractivity contribution in [3.05, 3.63) is 70.9 Å². The zero-order valence-electron chi connectivity index (χ0n) is 14.2. The van der Waals surface area contributed by atoms with Crippen molar-refractivity contribution in [3.8, 4) is 10.7 Å². The fourth-order valence-electron chi connectivity index (χ4n) is 2.33. The summed E-state index contributed by atoms with van der Waals surface area (Å²) < 4.78 is 0. The number of amides is 2. The van der Waals surface area contributed by atoms with E-state index in [9.17, 15) is 9.59 Å². The van der Waals surface area contributed by atoms with Crippen LogP contribution in [0.4, 0.5) is 0 Å². The van der Waals surface area contributed by atoms with E-state index in [-0.39, 0.29) is 11.8 Å². The molecule has 2 heterocycles. The number of aryl methyl sites for hydroxylation is 1. The summed E-state index contributed by atoms with van der Waals surface area (Å²) in [4.78, 5) is 33.5. The molecule has 0 aliphatic heterocycles. The average Bonchev–Trinajstić information content (AvgIpc) is 3.08. The highest BCUT2D eigenvalue weighted by Crippen LogP contribution is 2.26. The second-order valence-electron chi connectivity index (χ2n) is 5.53. The second-order valence-corrected chi connectivity index (χ2v) is 6.53. The summed E-state index contributed by atoms with van der Waals surface area (Å²) in [5.74, 6) is -0.359. The molecule has 1 aromatic carbocycles. The normalized spacial score (nSPS) is 10.3. The number of nitrogens with zero attached hydrogens (tertiary/aromatic N) is 2. The number of carbonyl (C=O) groups excluding carboxylic acids is 2. The number of rotatable bonds is 6. The van der Waals surface area contributed by atoms with Crippen LogP contribution in [-0.4, -0.2) is 34.9 Å². The molecular weight excluding hydrogens is 348 g/mol. The van der Waals surface area contributed by atoms with Gasteiger partial charge in [-0.3, -0.25) is 14.6 Å². The molecule has 2 N–H and O–H groups in total. The van der Waals surface area contributed by atoms with E-state index in [1.807, 2.05) is 36.4 Å². The van der Waals surface area contributed by atoms with E-state index >= 15 is 0 Å². The zero-order valence-corrected chi connectivity index (χ0v) is 15.0. The maximum Gasteiger partial charge on any atom is 0.263 e. The lowest BCUT2D eigenvalue weighted by atomic mass is 10.2. The van der Waals surface area contributed by atoms with E-state index in [0.717, 1.165) is 5.69 Å². The average molecular weight is 366 g/mol. The number of aromatic nitrogens is 2. The molecule has 0 bridgehead atoms. The molecular formula is C19H18N4O2S. The van der Waals surface area contributed by atoms with Gasteiger partial charge in [-0.1, -0.05) is 24.3 Å². The van der Waals surface area contributed by atoms with Gasteiger partial charge in [-0.15, -0.1) is 11.3 Å². The Hall–Kier alpha value is -3.06. The lowest BCUT2D eigenvalue weighted by molar-refractivity contribution is 0.0929. The molecule has 0 saturated carbocycles. The number of hydrogen-bond donors (Lipinski definition) is 2. The first kappa shape index (κ1) is 17.8. The standard InChI is InChI=1S/C19H18N4O2S/c1-13-16(26-19(23-13)15-9-5-6-10-20-15)18(25)22-12-11-21-17(24)14-7-3-2-4-8-14/h2-10H,11-12H2,1H3,(H,21,24)(H,22,25). The van der Waals surface area contributed by atoms with Crippen LogP contribution in [0, 0.1) is 6.92 Å². The van der Waals surface area contributed by atoms with Crippen molar-refractivity contribution in [2.24, 2.45) is 0 Å². The molecule has 7 heteroatoms. The van der Waals surface area contributed by atoms with Crippen LogP contribution in [0.25, 0.3) is 10.7 Å². The van der Waals surface area contributed by atoms with Crippen LogP contribution in [0.15, 0.2) is 54.7 Å². The summed E-state index contributed by atoms with van der Waals surface area (Å²) in [6.45, 7) is 2.49. The molecule has 2 aromatic heterocycles. The Bertz CT molecular complexity index is 894. The number of pyridine rings is 1. The van der Waals surface area contributed by atoms with E-state index in [0.29, 0.717) is 34.2 Å². The Labute approximate surface area is 155 Å². The Kier molecular flexibility index (Phi) is 5.70. The van der Waals surface area contributed by atoms with Gasteiger partial charge in [-0.05, 0) is 31.2 Å². The molecule has 0 aliphatic carbocycles. The molecule has 132 valence electrons. The fraction of sp³-hybridized carbons (Fsp3) is 0.158. The van der Waals surface area contributed by atoms with Gasteiger partial charge in [0.25, 0.3) is 11.8 Å².